The van der Waals surface area contributed by atoms with Crippen LogP contribution in [0.3, 0.4) is 0 Å². The van der Waals surface area contributed by atoms with E-state index in [1.165, 1.54) is 16.0 Å². The number of hydrogen-bond donors (Lipinski definition) is 1. The third-order valence-electron chi connectivity index (χ3n) is 4.19. The van der Waals surface area contributed by atoms with Crippen molar-refractivity contribution >= 4 is 50.1 Å². The van der Waals surface area contributed by atoms with Crippen molar-refractivity contribution in [3.8, 4) is 0 Å². The van der Waals surface area contributed by atoms with E-state index < -0.39 is 5.97 Å². The Labute approximate surface area is 162 Å². The van der Waals surface area contributed by atoms with Crippen LogP contribution in [0.15, 0.2) is 52.2 Å². The molecule has 8 heteroatoms. The van der Waals surface area contributed by atoms with E-state index in [1.807, 2.05) is 24.5 Å². The van der Waals surface area contributed by atoms with E-state index in [9.17, 15) is 14.7 Å². The summed E-state index contributed by atoms with van der Waals surface area (Å²) in [5, 5.41) is 15.3. The van der Waals surface area contributed by atoms with Gasteiger partial charge in [-0.25, -0.2) is 9.67 Å². The van der Waals surface area contributed by atoms with E-state index in [0.29, 0.717) is 16.5 Å². The highest BCUT2D eigenvalue weighted by atomic mass is 32.2. The maximum Gasteiger partial charge on any atom is 0.309 e. The lowest BCUT2D eigenvalue weighted by atomic mass is 10.1. The molecule has 2 aromatic heterocycles. The highest BCUT2D eigenvalue weighted by Crippen LogP contribution is 2.26. The first-order chi connectivity index (χ1) is 13.0. The van der Waals surface area contributed by atoms with Gasteiger partial charge in [0.2, 0.25) is 0 Å². The SMILES string of the molecule is CSc1ccc2sc(Cn3nc(CC(=O)O)c4ccccc4c3=O)nc2c1. The average molecular weight is 397 g/mol. The minimum atomic E-state index is -0.984. The molecule has 0 saturated heterocycles. The van der Waals surface area contributed by atoms with Gasteiger partial charge in [-0.1, -0.05) is 18.2 Å². The molecule has 2 heterocycles. The van der Waals surface area contributed by atoms with Crippen LogP contribution >= 0.6 is 23.1 Å². The molecule has 0 atom stereocenters. The van der Waals surface area contributed by atoms with E-state index in [4.69, 9.17) is 0 Å². The van der Waals surface area contributed by atoms with Crippen LogP contribution in [0, 0.1) is 0 Å². The summed E-state index contributed by atoms with van der Waals surface area (Å²) in [6.45, 7) is 0.213. The van der Waals surface area contributed by atoms with Crippen molar-refractivity contribution in [2.24, 2.45) is 0 Å². The van der Waals surface area contributed by atoms with Crippen LogP contribution in [0.2, 0.25) is 0 Å². The Bertz CT molecular complexity index is 1230. The molecule has 0 amide bonds. The fourth-order valence-corrected chi connectivity index (χ4v) is 4.33. The van der Waals surface area contributed by atoms with Gasteiger partial charge >= 0.3 is 5.97 Å². The molecular weight excluding hydrogens is 382 g/mol. The third-order valence-corrected chi connectivity index (χ3v) is 5.93. The summed E-state index contributed by atoms with van der Waals surface area (Å²) in [4.78, 5) is 29.8. The number of thiazole rings is 1. The summed E-state index contributed by atoms with van der Waals surface area (Å²) in [6, 6.07) is 13.1. The van der Waals surface area contributed by atoms with Gasteiger partial charge in [0.25, 0.3) is 5.56 Å². The van der Waals surface area contributed by atoms with Gasteiger partial charge < -0.3 is 5.11 Å². The quantitative estimate of drug-likeness (QED) is 0.520. The summed E-state index contributed by atoms with van der Waals surface area (Å²) in [6.07, 6.45) is 1.77. The fraction of sp³-hybridized carbons (Fsp3) is 0.158. The zero-order valence-electron chi connectivity index (χ0n) is 14.4. The highest BCUT2D eigenvalue weighted by Gasteiger charge is 2.14. The minimum absolute atomic E-state index is 0.213. The smallest absolute Gasteiger partial charge is 0.309 e. The van der Waals surface area contributed by atoms with Crippen molar-refractivity contribution in [1.29, 1.82) is 0 Å². The first kappa shape index (κ1) is 17.7. The van der Waals surface area contributed by atoms with Crippen LogP contribution in [0.25, 0.3) is 21.0 Å². The van der Waals surface area contributed by atoms with E-state index >= 15 is 0 Å². The van der Waals surface area contributed by atoms with Crippen LogP contribution < -0.4 is 5.56 Å². The number of aromatic nitrogens is 3. The van der Waals surface area contributed by atoms with Crippen LogP contribution in [0.4, 0.5) is 0 Å². The zero-order valence-corrected chi connectivity index (χ0v) is 16.0. The lowest BCUT2D eigenvalue weighted by Gasteiger charge is -2.08. The molecule has 1 N–H and O–H groups in total. The maximum atomic E-state index is 12.8. The molecular formula is C19H15N3O3S2. The number of thioether (sulfide) groups is 1. The molecule has 27 heavy (non-hydrogen) atoms. The molecule has 0 spiro atoms. The normalized spacial score (nSPS) is 11.3. The second-order valence-electron chi connectivity index (χ2n) is 5.97. The lowest BCUT2D eigenvalue weighted by Crippen LogP contribution is -2.26. The molecule has 0 unspecified atom stereocenters. The van der Waals surface area contributed by atoms with Crippen LogP contribution in [-0.2, 0) is 17.8 Å². The highest BCUT2D eigenvalue weighted by molar-refractivity contribution is 7.98. The third kappa shape index (κ3) is 3.45. The fourth-order valence-electron chi connectivity index (χ4n) is 2.96. The Morgan fingerprint density at radius 2 is 2.00 bits per heavy atom. The van der Waals surface area contributed by atoms with Gasteiger partial charge in [-0.2, -0.15) is 5.10 Å². The van der Waals surface area contributed by atoms with Crippen molar-refractivity contribution in [3.05, 3.63) is 63.5 Å². The maximum absolute atomic E-state index is 12.8. The Morgan fingerprint density at radius 1 is 1.22 bits per heavy atom. The molecule has 4 aromatic rings. The summed E-state index contributed by atoms with van der Waals surface area (Å²) < 4.78 is 2.36. The van der Waals surface area contributed by atoms with Gasteiger partial charge in [-0.05, 0) is 30.5 Å². The standard InChI is InChI=1S/C19H15N3O3S2/c1-26-11-6-7-16-15(8-11)20-17(27-16)10-22-19(25)13-5-3-2-4-12(13)14(21-22)9-18(23)24/h2-8H,9-10H2,1H3,(H,23,24). The number of carboxylic acid groups (broad SMARTS) is 1. The summed E-state index contributed by atoms with van der Waals surface area (Å²) >= 11 is 3.16. The van der Waals surface area contributed by atoms with Crippen molar-refractivity contribution in [3.63, 3.8) is 0 Å². The zero-order chi connectivity index (χ0) is 19.0. The molecule has 0 radical (unpaired) electrons. The number of aliphatic carboxylic acids is 1. The first-order valence-corrected chi connectivity index (χ1v) is 10.2. The molecule has 0 bridgehead atoms. The number of benzene rings is 2. The lowest BCUT2D eigenvalue weighted by molar-refractivity contribution is -0.136. The van der Waals surface area contributed by atoms with Gasteiger partial charge in [0, 0.05) is 10.3 Å². The van der Waals surface area contributed by atoms with Gasteiger partial charge in [0.1, 0.15) is 5.01 Å². The monoisotopic (exact) mass is 397 g/mol. The van der Waals surface area contributed by atoms with E-state index in [2.05, 4.69) is 10.1 Å². The summed E-state index contributed by atoms with van der Waals surface area (Å²) in [5.41, 5.74) is 1.02. The van der Waals surface area contributed by atoms with E-state index in [1.54, 1.807) is 36.0 Å². The topological polar surface area (TPSA) is 85.1 Å². The van der Waals surface area contributed by atoms with Crippen molar-refractivity contribution < 1.29 is 9.90 Å². The van der Waals surface area contributed by atoms with Gasteiger partial charge in [-0.15, -0.1) is 23.1 Å². The minimum Gasteiger partial charge on any atom is -0.481 e. The number of nitrogens with zero attached hydrogens (tertiary/aromatic N) is 3. The molecule has 0 aliphatic carbocycles. The number of fused-ring (bicyclic) bond motifs is 2. The number of rotatable bonds is 5. The summed E-state index contributed by atoms with van der Waals surface area (Å²) in [7, 11) is 0. The Morgan fingerprint density at radius 3 is 2.74 bits per heavy atom. The number of carbonyl (C=O) groups is 1. The molecule has 0 fully saturated rings. The Balaban J connectivity index is 1.80. The largest absolute Gasteiger partial charge is 0.481 e. The first-order valence-electron chi connectivity index (χ1n) is 8.19. The average Bonchev–Trinajstić information content (AvgIpc) is 3.06. The molecule has 0 aliphatic heterocycles. The second kappa shape index (κ2) is 7.13. The Hall–Kier alpha value is -2.71. The molecule has 6 nitrogen and oxygen atoms in total. The van der Waals surface area contributed by atoms with Crippen molar-refractivity contribution in [1.82, 2.24) is 14.8 Å². The molecule has 0 aliphatic rings. The van der Waals surface area contributed by atoms with Gasteiger partial charge in [-0.3, -0.25) is 9.59 Å². The molecule has 2 aromatic carbocycles. The van der Waals surface area contributed by atoms with E-state index in [0.717, 1.165) is 20.1 Å². The van der Waals surface area contributed by atoms with Crippen molar-refractivity contribution in [2.45, 2.75) is 17.9 Å². The molecule has 4 rings (SSSR count). The molecule has 136 valence electrons. The van der Waals surface area contributed by atoms with E-state index in [-0.39, 0.29) is 18.5 Å². The predicted molar refractivity (Wildman–Crippen MR) is 108 cm³/mol. The van der Waals surface area contributed by atoms with Crippen LogP contribution in [0.5, 0.6) is 0 Å². The molecule has 0 saturated carbocycles. The number of carboxylic acids is 1. The Kier molecular flexibility index (Phi) is 4.67. The van der Waals surface area contributed by atoms with Crippen molar-refractivity contribution in [2.75, 3.05) is 6.26 Å². The second-order valence-corrected chi connectivity index (χ2v) is 7.96. The van der Waals surface area contributed by atoms with Gasteiger partial charge in [0.05, 0.1) is 34.3 Å². The van der Waals surface area contributed by atoms with Gasteiger partial charge in [0.15, 0.2) is 0 Å². The van der Waals surface area contributed by atoms with Crippen LogP contribution in [0.1, 0.15) is 10.7 Å². The summed E-state index contributed by atoms with van der Waals surface area (Å²) in [5.74, 6) is -0.984. The number of hydrogen-bond acceptors (Lipinski definition) is 6. The predicted octanol–water partition coefficient (Wildman–Crippen LogP) is 3.40. The van der Waals surface area contributed by atoms with Crippen LogP contribution in [-0.4, -0.2) is 32.1 Å².